The van der Waals surface area contributed by atoms with E-state index in [0.717, 1.165) is 0 Å². The van der Waals surface area contributed by atoms with Crippen molar-refractivity contribution in [1.82, 2.24) is 0 Å². The lowest BCUT2D eigenvalue weighted by Gasteiger charge is -2.18. The van der Waals surface area contributed by atoms with Crippen LogP contribution in [0.15, 0.2) is 0 Å². The van der Waals surface area contributed by atoms with Crippen molar-refractivity contribution < 1.29 is 24.5 Å². The number of carboxylic acid groups (broad SMARTS) is 1. The minimum atomic E-state index is -1.51. The molecule has 0 saturated carbocycles. The third-order valence-electron chi connectivity index (χ3n) is 1.64. The Morgan fingerprint density at radius 3 is 2.58 bits per heavy atom. The number of aliphatic hydroxyl groups is 1. The number of rotatable bonds is 2. The Morgan fingerprint density at radius 1 is 1.67 bits per heavy atom. The van der Waals surface area contributed by atoms with Crippen molar-refractivity contribution in [3.05, 3.63) is 0 Å². The first-order chi connectivity index (χ1) is 5.42. The number of ether oxygens (including phenoxy) is 2. The van der Waals surface area contributed by atoms with Crippen LogP contribution in [0.25, 0.3) is 0 Å². The maximum atomic E-state index is 10.3. The third kappa shape index (κ3) is 1.94. The molecular formula is C7H12O5. The molecule has 1 heterocycles. The van der Waals surface area contributed by atoms with Gasteiger partial charge in [0.1, 0.15) is 6.10 Å². The normalized spacial score (nSPS) is 30.1. The van der Waals surface area contributed by atoms with Crippen molar-refractivity contribution in [1.29, 1.82) is 0 Å². The van der Waals surface area contributed by atoms with Crippen LogP contribution < -0.4 is 0 Å². The van der Waals surface area contributed by atoms with Gasteiger partial charge >= 0.3 is 5.97 Å². The molecule has 0 unspecified atom stereocenters. The van der Waals surface area contributed by atoms with Crippen molar-refractivity contribution in [3.8, 4) is 0 Å². The van der Waals surface area contributed by atoms with Crippen LogP contribution in [0.3, 0.4) is 0 Å². The second-order valence-corrected chi connectivity index (χ2v) is 3.15. The maximum absolute atomic E-state index is 10.3. The fourth-order valence-electron chi connectivity index (χ4n) is 1.03. The molecule has 1 saturated heterocycles. The summed E-state index contributed by atoms with van der Waals surface area (Å²) in [6, 6.07) is 0. The summed E-state index contributed by atoms with van der Waals surface area (Å²) >= 11 is 0. The second kappa shape index (κ2) is 3.01. The molecule has 2 N–H and O–H groups in total. The lowest BCUT2D eigenvalue weighted by Crippen LogP contribution is -2.36. The summed E-state index contributed by atoms with van der Waals surface area (Å²) in [5.74, 6) is -2.08. The Labute approximate surface area is 69.9 Å². The van der Waals surface area contributed by atoms with E-state index in [-0.39, 0.29) is 6.61 Å². The van der Waals surface area contributed by atoms with Crippen LogP contribution >= 0.6 is 0 Å². The molecule has 70 valence electrons. The van der Waals surface area contributed by atoms with E-state index in [1.54, 1.807) is 13.8 Å². The van der Waals surface area contributed by atoms with Gasteiger partial charge in [0.05, 0.1) is 6.61 Å². The first-order valence-corrected chi connectivity index (χ1v) is 3.65. The predicted octanol–water partition coefficient (Wildman–Crippen LogP) is -0.417. The van der Waals surface area contributed by atoms with Gasteiger partial charge in [-0.2, -0.15) is 0 Å². The van der Waals surface area contributed by atoms with E-state index in [1.807, 2.05) is 0 Å². The fraction of sp³-hybridized carbons (Fsp3) is 0.857. The van der Waals surface area contributed by atoms with Gasteiger partial charge < -0.3 is 19.7 Å². The molecule has 0 aromatic rings. The average Bonchev–Trinajstić information content (AvgIpc) is 2.28. The molecular weight excluding hydrogens is 164 g/mol. The Bertz CT molecular complexity index is 188. The molecule has 2 atom stereocenters. The Morgan fingerprint density at radius 2 is 2.25 bits per heavy atom. The highest BCUT2D eigenvalue weighted by Crippen LogP contribution is 2.24. The van der Waals surface area contributed by atoms with Gasteiger partial charge in [0, 0.05) is 0 Å². The maximum Gasteiger partial charge on any atom is 0.335 e. The lowest BCUT2D eigenvalue weighted by atomic mass is 10.2. The average molecular weight is 176 g/mol. The molecule has 5 nitrogen and oxygen atoms in total. The summed E-state index contributed by atoms with van der Waals surface area (Å²) in [5, 5.41) is 17.5. The van der Waals surface area contributed by atoms with Crippen LogP contribution in [0.2, 0.25) is 0 Å². The van der Waals surface area contributed by atoms with Crippen molar-refractivity contribution in [2.45, 2.75) is 31.8 Å². The van der Waals surface area contributed by atoms with Gasteiger partial charge in [-0.15, -0.1) is 0 Å². The molecule has 0 aliphatic carbocycles. The molecule has 1 fully saturated rings. The summed E-state index contributed by atoms with van der Waals surface area (Å²) in [6.45, 7) is 3.45. The minimum absolute atomic E-state index is 0.112. The second-order valence-electron chi connectivity index (χ2n) is 3.15. The number of hydrogen-bond donors (Lipinski definition) is 2. The highest BCUT2D eigenvalue weighted by Gasteiger charge is 2.39. The first kappa shape index (κ1) is 9.44. The molecule has 12 heavy (non-hydrogen) atoms. The SMILES string of the molecule is CC1(C)OC[C@H]([C@H](O)C(=O)O)O1. The van der Waals surface area contributed by atoms with Crippen molar-refractivity contribution in [2.75, 3.05) is 6.61 Å². The topological polar surface area (TPSA) is 76.0 Å². The van der Waals surface area contributed by atoms with Crippen LogP contribution in [0.5, 0.6) is 0 Å². The molecule has 0 amide bonds. The molecule has 0 spiro atoms. The molecule has 0 aromatic carbocycles. The summed E-state index contributed by atoms with van der Waals surface area (Å²) in [6.07, 6.45) is -2.27. The van der Waals surface area contributed by atoms with Gasteiger partial charge in [-0.3, -0.25) is 0 Å². The number of hydrogen-bond acceptors (Lipinski definition) is 4. The van der Waals surface area contributed by atoms with Crippen molar-refractivity contribution in [2.24, 2.45) is 0 Å². The zero-order valence-corrected chi connectivity index (χ0v) is 6.98. The van der Waals surface area contributed by atoms with Crippen LogP contribution in [-0.2, 0) is 14.3 Å². The Hall–Kier alpha value is -0.650. The van der Waals surface area contributed by atoms with Gasteiger partial charge in [0.15, 0.2) is 11.9 Å². The first-order valence-electron chi connectivity index (χ1n) is 3.65. The van der Waals surface area contributed by atoms with E-state index in [1.165, 1.54) is 0 Å². The van der Waals surface area contributed by atoms with Gasteiger partial charge in [0.2, 0.25) is 0 Å². The van der Waals surface area contributed by atoms with Crippen LogP contribution in [0.4, 0.5) is 0 Å². The van der Waals surface area contributed by atoms with E-state index in [9.17, 15) is 4.79 Å². The zero-order chi connectivity index (χ0) is 9.35. The molecule has 0 bridgehead atoms. The van der Waals surface area contributed by atoms with Crippen LogP contribution in [0.1, 0.15) is 13.8 Å². The largest absolute Gasteiger partial charge is 0.479 e. The molecule has 0 aromatic heterocycles. The highest BCUT2D eigenvalue weighted by molar-refractivity contribution is 5.72. The standard InChI is InChI=1S/C7H12O5/c1-7(2)11-3-4(12-7)5(8)6(9)10/h4-5,8H,3H2,1-2H3,(H,9,10)/t4-,5+/m1/s1. The summed E-state index contributed by atoms with van der Waals surface area (Å²) < 4.78 is 10.2. The Kier molecular flexibility index (Phi) is 2.36. The summed E-state index contributed by atoms with van der Waals surface area (Å²) in [7, 11) is 0. The van der Waals surface area contributed by atoms with Gasteiger partial charge in [-0.05, 0) is 13.8 Å². The van der Waals surface area contributed by atoms with E-state index in [0.29, 0.717) is 0 Å². The third-order valence-corrected chi connectivity index (χ3v) is 1.64. The van der Waals surface area contributed by atoms with Crippen LogP contribution in [-0.4, -0.2) is 40.8 Å². The Balaban J connectivity index is 2.52. The number of aliphatic carboxylic acids is 1. The molecule has 1 aliphatic heterocycles. The fourth-order valence-corrected chi connectivity index (χ4v) is 1.03. The predicted molar refractivity (Wildman–Crippen MR) is 38.5 cm³/mol. The highest BCUT2D eigenvalue weighted by atomic mass is 16.7. The minimum Gasteiger partial charge on any atom is -0.479 e. The van der Waals surface area contributed by atoms with Gasteiger partial charge in [-0.25, -0.2) is 4.79 Å². The molecule has 1 aliphatic rings. The van der Waals surface area contributed by atoms with Crippen LogP contribution in [0, 0.1) is 0 Å². The monoisotopic (exact) mass is 176 g/mol. The molecule has 0 radical (unpaired) electrons. The zero-order valence-electron chi connectivity index (χ0n) is 6.98. The van der Waals surface area contributed by atoms with Gasteiger partial charge in [0.25, 0.3) is 0 Å². The molecule has 1 rings (SSSR count). The summed E-state index contributed by atoms with van der Waals surface area (Å²) in [5.41, 5.74) is 0. The van der Waals surface area contributed by atoms with E-state index in [2.05, 4.69) is 0 Å². The number of aliphatic hydroxyl groups excluding tert-OH is 1. The smallest absolute Gasteiger partial charge is 0.335 e. The summed E-state index contributed by atoms with van der Waals surface area (Å²) in [4.78, 5) is 10.3. The van der Waals surface area contributed by atoms with Gasteiger partial charge in [-0.1, -0.05) is 0 Å². The van der Waals surface area contributed by atoms with E-state index in [4.69, 9.17) is 19.7 Å². The van der Waals surface area contributed by atoms with Crippen molar-refractivity contribution >= 4 is 5.97 Å². The number of carbonyl (C=O) groups is 1. The van der Waals surface area contributed by atoms with E-state index >= 15 is 0 Å². The van der Waals surface area contributed by atoms with Crippen molar-refractivity contribution in [3.63, 3.8) is 0 Å². The number of carboxylic acids is 1. The molecule has 5 heteroatoms. The van der Waals surface area contributed by atoms with E-state index < -0.39 is 24.0 Å². The lowest BCUT2D eigenvalue weighted by molar-refractivity contribution is -0.168. The quantitative estimate of drug-likeness (QED) is 0.597.